The highest BCUT2D eigenvalue weighted by molar-refractivity contribution is 7.90. The Morgan fingerprint density at radius 3 is 2.38 bits per heavy atom. The molecule has 0 atom stereocenters. The predicted octanol–water partition coefficient (Wildman–Crippen LogP) is 3.13. The fourth-order valence-corrected chi connectivity index (χ4v) is 3.67. The van der Waals surface area contributed by atoms with Crippen molar-refractivity contribution in [1.82, 2.24) is 14.7 Å². The molecular formula is C16H10ClF2N3O3S. The first-order valence-corrected chi connectivity index (χ1v) is 8.97. The van der Waals surface area contributed by atoms with Crippen molar-refractivity contribution in [2.24, 2.45) is 0 Å². The van der Waals surface area contributed by atoms with Gasteiger partial charge in [-0.15, -0.1) is 0 Å². The fraction of sp³-hybridized carbons (Fsp3) is 0. The molecule has 0 radical (unpaired) electrons. The number of nitrogens with zero attached hydrogens (tertiary/aromatic N) is 1. The van der Waals surface area contributed by atoms with E-state index < -0.39 is 33.1 Å². The molecule has 0 unspecified atom stereocenters. The number of amides is 1. The summed E-state index contributed by atoms with van der Waals surface area (Å²) in [5, 5.41) is -0.0634. The first-order chi connectivity index (χ1) is 12.3. The number of carbonyl (C=O) groups excluding carboxylic acids is 1. The van der Waals surface area contributed by atoms with Crippen molar-refractivity contribution in [2.45, 2.75) is 4.90 Å². The second-order valence-electron chi connectivity index (χ2n) is 5.11. The average Bonchev–Trinajstić information content (AvgIpc) is 3.04. The fourth-order valence-electron chi connectivity index (χ4n) is 2.18. The van der Waals surface area contributed by atoms with E-state index in [-0.39, 0.29) is 21.4 Å². The topological polar surface area (TPSA) is 91.9 Å². The number of aromatic nitrogens is 2. The van der Waals surface area contributed by atoms with Gasteiger partial charge in [-0.3, -0.25) is 4.79 Å². The summed E-state index contributed by atoms with van der Waals surface area (Å²) in [6.07, 6.45) is 0.971. The van der Waals surface area contributed by atoms with Crippen molar-refractivity contribution in [3.05, 3.63) is 71.0 Å². The van der Waals surface area contributed by atoms with E-state index in [1.54, 1.807) is 0 Å². The number of nitrogens with one attached hydrogen (secondary N) is 2. The number of hydrogen-bond acceptors (Lipinski definition) is 4. The Morgan fingerprint density at radius 2 is 1.73 bits per heavy atom. The lowest BCUT2D eigenvalue weighted by Gasteiger charge is -2.07. The SMILES string of the molecule is O=C(NS(=O)(=O)c1ccccc1Cl)c1cnc(-c2c(F)cccc2F)[nH]1. The number of halogens is 3. The van der Waals surface area contributed by atoms with Gasteiger partial charge >= 0.3 is 0 Å². The first-order valence-electron chi connectivity index (χ1n) is 7.10. The number of aromatic amines is 1. The van der Waals surface area contributed by atoms with Crippen LogP contribution in [-0.4, -0.2) is 24.3 Å². The molecule has 26 heavy (non-hydrogen) atoms. The lowest BCUT2D eigenvalue weighted by atomic mass is 10.2. The standard InChI is InChI=1S/C16H10ClF2N3O3S/c17-9-4-1-2-7-13(9)26(24,25)22-16(23)12-8-20-15(21-12)14-10(18)5-3-6-11(14)19/h1-8H,(H,20,21)(H,22,23). The number of imidazole rings is 1. The molecule has 3 aromatic rings. The van der Waals surface area contributed by atoms with Crippen molar-refractivity contribution in [3.8, 4) is 11.4 Å². The zero-order valence-corrected chi connectivity index (χ0v) is 14.4. The molecule has 2 aromatic carbocycles. The predicted molar refractivity (Wildman–Crippen MR) is 90.0 cm³/mol. The summed E-state index contributed by atoms with van der Waals surface area (Å²) < 4.78 is 53.9. The molecule has 2 N–H and O–H groups in total. The van der Waals surface area contributed by atoms with Gasteiger partial charge in [-0.05, 0) is 24.3 Å². The minimum atomic E-state index is -4.24. The number of carbonyl (C=O) groups is 1. The summed E-state index contributed by atoms with van der Waals surface area (Å²) in [6.45, 7) is 0. The van der Waals surface area contributed by atoms with Crippen LogP contribution in [0, 0.1) is 11.6 Å². The number of H-pyrrole nitrogens is 1. The van der Waals surface area contributed by atoms with Gasteiger partial charge in [-0.1, -0.05) is 29.8 Å². The van der Waals surface area contributed by atoms with E-state index in [2.05, 4.69) is 9.97 Å². The lowest BCUT2D eigenvalue weighted by molar-refractivity contribution is 0.0977. The minimum absolute atomic E-state index is 0.0634. The Balaban J connectivity index is 1.89. The molecular weight excluding hydrogens is 388 g/mol. The van der Waals surface area contributed by atoms with Crippen LogP contribution in [0.4, 0.5) is 8.78 Å². The summed E-state index contributed by atoms with van der Waals surface area (Å²) in [6, 6.07) is 8.81. The van der Waals surface area contributed by atoms with Crippen LogP contribution in [0.3, 0.4) is 0 Å². The third kappa shape index (κ3) is 3.44. The molecule has 0 spiro atoms. The van der Waals surface area contributed by atoms with Crippen LogP contribution in [0.1, 0.15) is 10.5 Å². The maximum absolute atomic E-state index is 13.8. The molecule has 1 amide bonds. The quantitative estimate of drug-likeness (QED) is 0.707. The van der Waals surface area contributed by atoms with Crippen LogP contribution in [0.2, 0.25) is 5.02 Å². The van der Waals surface area contributed by atoms with E-state index in [9.17, 15) is 22.0 Å². The summed E-state index contributed by atoms with van der Waals surface area (Å²) in [5.74, 6) is -3.06. The molecule has 0 fully saturated rings. The molecule has 0 aliphatic rings. The van der Waals surface area contributed by atoms with E-state index in [1.807, 2.05) is 4.72 Å². The van der Waals surface area contributed by atoms with Gasteiger partial charge in [0.05, 0.1) is 16.8 Å². The normalized spacial score (nSPS) is 11.3. The molecule has 0 saturated heterocycles. The monoisotopic (exact) mass is 397 g/mol. The van der Waals surface area contributed by atoms with E-state index >= 15 is 0 Å². The first kappa shape index (κ1) is 18.0. The second-order valence-corrected chi connectivity index (χ2v) is 7.17. The van der Waals surface area contributed by atoms with Gasteiger partial charge < -0.3 is 4.98 Å². The Morgan fingerprint density at radius 1 is 1.08 bits per heavy atom. The number of rotatable bonds is 4. The highest BCUT2D eigenvalue weighted by atomic mass is 35.5. The van der Waals surface area contributed by atoms with Gasteiger partial charge in [0.2, 0.25) is 0 Å². The summed E-state index contributed by atoms with van der Waals surface area (Å²) in [5.41, 5.74) is -0.751. The molecule has 0 bridgehead atoms. The average molecular weight is 398 g/mol. The molecule has 0 saturated carbocycles. The zero-order chi connectivity index (χ0) is 18.9. The van der Waals surface area contributed by atoms with E-state index in [4.69, 9.17) is 11.6 Å². The van der Waals surface area contributed by atoms with Crippen molar-refractivity contribution in [3.63, 3.8) is 0 Å². The van der Waals surface area contributed by atoms with Crippen LogP contribution in [0.15, 0.2) is 53.6 Å². The van der Waals surface area contributed by atoms with E-state index in [0.29, 0.717) is 0 Å². The van der Waals surface area contributed by atoms with E-state index in [0.717, 1.165) is 18.3 Å². The number of benzene rings is 2. The Hall–Kier alpha value is -2.78. The van der Waals surface area contributed by atoms with Gasteiger partial charge in [0.25, 0.3) is 15.9 Å². The molecule has 1 heterocycles. The van der Waals surface area contributed by atoms with Crippen molar-refractivity contribution in [1.29, 1.82) is 0 Å². The Bertz CT molecular complexity index is 1080. The van der Waals surface area contributed by atoms with Crippen LogP contribution in [0.5, 0.6) is 0 Å². The summed E-state index contributed by atoms with van der Waals surface area (Å²) in [7, 11) is -4.24. The van der Waals surface area contributed by atoms with Gasteiger partial charge in [-0.25, -0.2) is 26.9 Å². The van der Waals surface area contributed by atoms with Crippen molar-refractivity contribution < 1.29 is 22.0 Å². The highest BCUT2D eigenvalue weighted by Gasteiger charge is 2.23. The van der Waals surface area contributed by atoms with Crippen molar-refractivity contribution in [2.75, 3.05) is 0 Å². The summed E-state index contributed by atoms with van der Waals surface area (Å²) in [4.78, 5) is 18.0. The number of sulfonamides is 1. The van der Waals surface area contributed by atoms with Crippen molar-refractivity contribution >= 4 is 27.5 Å². The maximum Gasteiger partial charge on any atom is 0.283 e. The van der Waals surface area contributed by atoms with Crippen LogP contribution in [0.25, 0.3) is 11.4 Å². The van der Waals surface area contributed by atoms with E-state index in [1.165, 1.54) is 30.3 Å². The molecule has 0 aliphatic heterocycles. The van der Waals surface area contributed by atoms with Gasteiger partial charge in [0.15, 0.2) is 0 Å². The number of hydrogen-bond donors (Lipinski definition) is 2. The molecule has 134 valence electrons. The van der Waals surface area contributed by atoms with Gasteiger partial charge in [0.1, 0.15) is 28.0 Å². The van der Waals surface area contributed by atoms with Gasteiger partial charge in [0, 0.05) is 0 Å². The highest BCUT2D eigenvalue weighted by Crippen LogP contribution is 2.24. The largest absolute Gasteiger partial charge is 0.334 e. The molecule has 0 aliphatic carbocycles. The second kappa shape index (κ2) is 6.85. The minimum Gasteiger partial charge on any atom is -0.334 e. The van der Waals surface area contributed by atoms with Crippen LogP contribution < -0.4 is 4.72 Å². The molecule has 6 nitrogen and oxygen atoms in total. The molecule has 10 heteroatoms. The lowest BCUT2D eigenvalue weighted by Crippen LogP contribution is -2.31. The van der Waals surface area contributed by atoms with Crippen LogP contribution >= 0.6 is 11.6 Å². The molecule has 1 aromatic heterocycles. The zero-order valence-electron chi connectivity index (χ0n) is 12.8. The molecule has 3 rings (SSSR count). The third-order valence-electron chi connectivity index (χ3n) is 3.37. The van der Waals surface area contributed by atoms with Gasteiger partial charge in [-0.2, -0.15) is 0 Å². The third-order valence-corrected chi connectivity index (χ3v) is 5.20. The smallest absolute Gasteiger partial charge is 0.283 e. The summed E-state index contributed by atoms with van der Waals surface area (Å²) >= 11 is 5.82. The van der Waals surface area contributed by atoms with Crippen LogP contribution in [-0.2, 0) is 10.0 Å². The maximum atomic E-state index is 13.8. The Kier molecular flexibility index (Phi) is 4.75. The Labute approximate surface area is 151 Å².